The Morgan fingerprint density at radius 2 is 2.14 bits per heavy atom. The molecule has 3 N–H and O–H groups in total. The van der Waals surface area contributed by atoms with Crippen molar-refractivity contribution >= 4 is 0 Å². The lowest BCUT2D eigenvalue weighted by molar-refractivity contribution is 0.127. The molecule has 2 aromatic rings. The molecule has 3 rings (SSSR count). The SMILES string of the molecule is Cc1ccc(-c2[nH]ncc2CN2CCNCC(O)C2)cc1. The molecule has 1 aromatic carbocycles. The molecule has 0 spiro atoms. The van der Waals surface area contributed by atoms with Crippen LogP contribution in [0.15, 0.2) is 30.5 Å². The highest BCUT2D eigenvalue weighted by Crippen LogP contribution is 2.22. The maximum Gasteiger partial charge on any atom is 0.0791 e. The predicted octanol–water partition coefficient (Wildman–Crippen LogP) is 1.15. The number of rotatable bonds is 3. The van der Waals surface area contributed by atoms with Gasteiger partial charge in [0.25, 0.3) is 0 Å². The number of aliphatic hydroxyl groups is 1. The van der Waals surface area contributed by atoms with Gasteiger partial charge >= 0.3 is 0 Å². The largest absolute Gasteiger partial charge is 0.390 e. The summed E-state index contributed by atoms with van der Waals surface area (Å²) >= 11 is 0. The summed E-state index contributed by atoms with van der Waals surface area (Å²) in [5, 5.41) is 20.4. The van der Waals surface area contributed by atoms with Crippen molar-refractivity contribution in [3.63, 3.8) is 0 Å². The van der Waals surface area contributed by atoms with Gasteiger partial charge in [0.1, 0.15) is 0 Å². The number of benzene rings is 1. The minimum absolute atomic E-state index is 0.303. The Hall–Kier alpha value is -1.69. The van der Waals surface area contributed by atoms with E-state index in [-0.39, 0.29) is 6.10 Å². The molecule has 1 saturated heterocycles. The Morgan fingerprint density at radius 3 is 2.95 bits per heavy atom. The van der Waals surface area contributed by atoms with Gasteiger partial charge in [-0.2, -0.15) is 5.10 Å². The van der Waals surface area contributed by atoms with E-state index in [1.165, 1.54) is 11.1 Å². The van der Waals surface area contributed by atoms with E-state index in [0.29, 0.717) is 13.1 Å². The molecule has 0 saturated carbocycles. The first-order chi connectivity index (χ1) is 10.2. The van der Waals surface area contributed by atoms with Crippen LogP contribution < -0.4 is 5.32 Å². The fraction of sp³-hybridized carbons (Fsp3) is 0.438. The molecular weight excluding hydrogens is 264 g/mol. The maximum atomic E-state index is 9.88. The molecule has 5 heteroatoms. The van der Waals surface area contributed by atoms with Crippen LogP contribution in [0.5, 0.6) is 0 Å². The summed E-state index contributed by atoms with van der Waals surface area (Å²) in [6.07, 6.45) is 1.59. The molecule has 1 fully saturated rings. The van der Waals surface area contributed by atoms with Crippen molar-refractivity contribution in [1.82, 2.24) is 20.4 Å². The van der Waals surface area contributed by atoms with Crippen LogP contribution in [0.1, 0.15) is 11.1 Å². The quantitative estimate of drug-likeness (QED) is 0.792. The summed E-state index contributed by atoms with van der Waals surface area (Å²) in [5.41, 5.74) is 4.65. The topological polar surface area (TPSA) is 64.2 Å². The van der Waals surface area contributed by atoms with Crippen molar-refractivity contribution < 1.29 is 5.11 Å². The number of aromatic nitrogens is 2. The van der Waals surface area contributed by atoms with Crippen LogP contribution in [0, 0.1) is 6.92 Å². The number of aryl methyl sites for hydroxylation is 1. The van der Waals surface area contributed by atoms with Gasteiger partial charge in [-0.25, -0.2) is 0 Å². The second kappa shape index (κ2) is 6.39. The summed E-state index contributed by atoms with van der Waals surface area (Å²) in [7, 11) is 0. The highest BCUT2D eigenvalue weighted by molar-refractivity contribution is 5.62. The summed E-state index contributed by atoms with van der Waals surface area (Å²) in [5.74, 6) is 0. The van der Waals surface area contributed by atoms with Crippen LogP contribution >= 0.6 is 0 Å². The highest BCUT2D eigenvalue weighted by Gasteiger charge is 2.18. The molecule has 0 aliphatic carbocycles. The van der Waals surface area contributed by atoms with Crippen LogP contribution in [-0.2, 0) is 6.54 Å². The van der Waals surface area contributed by atoms with E-state index in [1.807, 2.05) is 6.20 Å². The van der Waals surface area contributed by atoms with E-state index in [0.717, 1.165) is 30.9 Å². The number of aromatic amines is 1. The zero-order chi connectivity index (χ0) is 14.7. The van der Waals surface area contributed by atoms with E-state index in [9.17, 15) is 5.11 Å². The van der Waals surface area contributed by atoms with Gasteiger partial charge in [0.2, 0.25) is 0 Å². The second-order valence-corrected chi connectivity index (χ2v) is 5.73. The van der Waals surface area contributed by atoms with E-state index in [4.69, 9.17) is 0 Å². The van der Waals surface area contributed by atoms with Gasteiger partial charge in [-0.3, -0.25) is 10.00 Å². The van der Waals surface area contributed by atoms with Crippen molar-refractivity contribution in [2.24, 2.45) is 0 Å². The van der Waals surface area contributed by atoms with Gasteiger partial charge in [-0.1, -0.05) is 29.8 Å². The molecule has 5 nitrogen and oxygen atoms in total. The normalized spacial score (nSPS) is 20.4. The van der Waals surface area contributed by atoms with E-state index >= 15 is 0 Å². The minimum Gasteiger partial charge on any atom is -0.390 e. The zero-order valence-electron chi connectivity index (χ0n) is 12.3. The van der Waals surface area contributed by atoms with Crippen LogP contribution in [0.3, 0.4) is 0 Å². The number of nitrogens with zero attached hydrogens (tertiary/aromatic N) is 2. The van der Waals surface area contributed by atoms with E-state index in [1.54, 1.807) is 0 Å². The molecule has 1 atom stereocenters. The molecular formula is C16H22N4O. The summed E-state index contributed by atoms with van der Waals surface area (Å²) in [4.78, 5) is 2.27. The number of H-pyrrole nitrogens is 1. The van der Waals surface area contributed by atoms with Gasteiger partial charge in [-0.15, -0.1) is 0 Å². The van der Waals surface area contributed by atoms with Crippen LogP contribution in [0.2, 0.25) is 0 Å². The van der Waals surface area contributed by atoms with Gasteiger partial charge in [0.15, 0.2) is 0 Å². The average Bonchev–Trinajstić information content (AvgIpc) is 2.82. The standard InChI is InChI=1S/C16H22N4O/c1-12-2-4-13(5-3-12)16-14(8-18-19-16)10-20-7-6-17-9-15(21)11-20/h2-5,8,15,17,21H,6-7,9-11H2,1H3,(H,18,19). The second-order valence-electron chi connectivity index (χ2n) is 5.73. The zero-order valence-corrected chi connectivity index (χ0v) is 12.3. The molecule has 1 unspecified atom stereocenters. The lowest BCUT2D eigenvalue weighted by Gasteiger charge is -2.21. The van der Waals surface area contributed by atoms with Crippen molar-refractivity contribution in [2.75, 3.05) is 26.2 Å². The molecule has 112 valence electrons. The highest BCUT2D eigenvalue weighted by atomic mass is 16.3. The Balaban J connectivity index is 1.77. The van der Waals surface area contributed by atoms with Gasteiger partial charge in [0.05, 0.1) is 18.0 Å². The van der Waals surface area contributed by atoms with Crippen molar-refractivity contribution in [2.45, 2.75) is 19.6 Å². The number of aliphatic hydroxyl groups excluding tert-OH is 1. The number of hydrogen-bond donors (Lipinski definition) is 3. The Kier molecular flexibility index (Phi) is 4.34. The summed E-state index contributed by atoms with van der Waals surface area (Å²) in [6, 6.07) is 8.45. The number of nitrogens with one attached hydrogen (secondary N) is 2. The number of β-amino-alcohol motifs (C(OH)–C–C–N with tert-alkyl or cyclic N) is 1. The maximum absolute atomic E-state index is 9.88. The van der Waals surface area contributed by atoms with Crippen molar-refractivity contribution in [3.8, 4) is 11.3 Å². The first kappa shape index (κ1) is 14.3. The Bertz CT molecular complexity index is 578. The predicted molar refractivity (Wildman–Crippen MR) is 82.9 cm³/mol. The third-order valence-corrected chi connectivity index (χ3v) is 3.91. The molecule has 2 heterocycles. The van der Waals surface area contributed by atoms with Crippen molar-refractivity contribution in [1.29, 1.82) is 0 Å². The molecule has 0 amide bonds. The van der Waals surface area contributed by atoms with Crippen LogP contribution in [-0.4, -0.2) is 52.5 Å². The molecule has 1 aromatic heterocycles. The molecule has 0 bridgehead atoms. The molecule has 21 heavy (non-hydrogen) atoms. The van der Waals surface area contributed by atoms with E-state index in [2.05, 4.69) is 51.6 Å². The van der Waals surface area contributed by atoms with Gasteiger partial charge < -0.3 is 10.4 Å². The Labute approximate surface area is 125 Å². The monoisotopic (exact) mass is 286 g/mol. The lowest BCUT2D eigenvalue weighted by Crippen LogP contribution is -2.32. The summed E-state index contributed by atoms with van der Waals surface area (Å²) < 4.78 is 0. The fourth-order valence-corrected chi connectivity index (χ4v) is 2.75. The van der Waals surface area contributed by atoms with Crippen molar-refractivity contribution in [3.05, 3.63) is 41.6 Å². The fourth-order valence-electron chi connectivity index (χ4n) is 2.75. The van der Waals surface area contributed by atoms with Crippen LogP contribution in [0.25, 0.3) is 11.3 Å². The molecule has 1 aliphatic heterocycles. The van der Waals surface area contributed by atoms with Gasteiger partial charge in [-0.05, 0) is 12.5 Å². The third-order valence-electron chi connectivity index (χ3n) is 3.91. The molecule has 0 radical (unpaired) electrons. The third kappa shape index (κ3) is 3.50. The number of hydrogen-bond acceptors (Lipinski definition) is 4. The smallest absolute Gasteiger partial charge is 0.0791 e. The summed E-state index contributed by atoms with van der Waals surface area (Å²) in [6.45, 7) is 6.12. The van der Waals surface area contributed by atoms with Gasteiger partial charge in [0, 0.05) is 38.3 Å². The lowest BCUT2D eigenvalue weighted by atomic mass is 10.1. The van der Waals surface area contributed by atoms with Crippen LogP contribution in [0.4, 0.5) is 0 Å². The molecule has 1 aliphatic rings. The first-order valence-electron chi connectivity index (χ1n) is 7.43. The first-order valence-corrected chi connectivity index (χ1v) is 7.43. The van der Waals surface area contributed by atoms with E-state index < -0.39 is 0 Å². The average molecular weight is 286 g/mol. The minimum atomic E-state index is -0.303. The Morgan fingerprint density at radius 1 is 1.33 bits per heavy atom.